The monoisotopic (exact) mass is 269 g/mol. The molecule has 0 aliphatic carbocycles. The summed E-state index contributed by atoms with van der Waals surface area (Å²) in [5.74, 6) is 0.129. The molecule has 0 heterocycles. The number of benzene rings is 2. The van der Waals surface area contributed by atoms with Gasteiger partial charge in [-0.25, -0.2) is 0 Å². The first-order valence-electron chi connectivity index (χ1n) is 6.71. The molecule has 3 nitrogen and oxygen atoms in total. The van der Waals surface area contributed by atoms with Crippen LogP contribution in [0.4, 0.5) is 5.69 Å². The molecule has 104 valence electrons. The Morgan fingerprint density at radius 1 is 1.10 bits per heavy atom. The van der Waals surface area contributed by atoms with Gasteiger partial charge in [0.15, 0.2) is 0 Å². The van der Waals surface area contributed by atoms with E-state index in [2.05, 4.69) is 0 Å². The van der Waals surface area contributed by atoms with Crippen molar-refractivity contribution in [2.75, 3.05) is 11.4 Å². The van der Waals surface area contributed by atoms with Crippen LogP contribution in [0.15, 0.2) is 42.5 Å². The molecular formula is C17H19NO2. The Morgan fingerprint density at radius 3 is 2.25 bits per heavy atom. The Labute approximate surface area is 119 Å². The maximum atomic E-state index is 12.8. The molecule has 0 bridgehead atoms. The number of hydrogen-bond acceptors (Lipinski definition) is 2. The Kier molecular flexibility index (Phi) is 4.08. The second-order valence-electron chi connectivity index (χ2n) is 4.84. The molecule has 0 aliphatic heterocycles. The van der Waals surface area contributed by atoms with Crippen LogP contribution in [0.25, 0.3) is 0 Å². The van der Waals surface area contributed by atoms with Crippen molar-refractivity contribution >= 4 is 11.6 Å². The predicted molar refractivity (Wildman–Crippen MR) is 81.4 cm³/mol. The number of carbonyl (C=O) groups is 1. The lowest BCUT2D eigenvalue weighted by atomic mass is 10.0. The van der Waals surface area contributed by atoms with Gasteiger partial charge in [0, 0.05) is 23.9 Å². The Balaban J connectivity index is 2.45. The van der Waals surface area contributed by atoms with E-state index in [9.17, 15) is 9.90 Å². The number of phenolic OH excluding ortho intramolecular Hbond substituents is 1. The van der Waals surface area contributed by atoms with E-state index in [0.29, 0.717) is 12.2 Å². The van der Waals surface area contributed by atoms with Gasteiger partial charge in [-0.05, 0) is 44.0 Å². The number of aromatic hydroxyl groups is 1. The van der Waals surface area contributed by atoms with Gasteiger partial charge in [-0.2, -0.15) is 0 Å². The largest absolute Gasteiger partial charge is 0.508 e. The van der Waals surface area contributed by atoms with Gasteiger partial charge in [-0.1, -0.05) is 24.3 Å². The van der Waals surface area contributed by atoms with E-state index in [1.54, 1.807) is 23.1 Å². The second-order valence-corrected chi connectivity index (χ2v) is 4.84. The molecule has 1 amide bonds. The summed E-state index contributed by atoms with van der Waals surface area (Å²) in [5, 5.41) is 9.58. The Bertz CT molecular complexity index is 614. The lowest BCUT2D eigenvalue weighted by Crippen LogP contribution is -2.31. The van der Waals surface area contributed by atoms with E-state index in [-0.39, 0.29) is 11.7 Å². The molecule has 2 aromatic rings. The van der Waals surface area contributed by atoms with Crippen molar-refractivity contribution < 1.29 is 9.90 Å². The fourth-order valence-corrected chi connectivity index (χ4v) is 2.39. The number of hydrogen-bond donors (Lipinski definition) is 1. The highest BCUT2D eigenvalue weighted by Gasteiger charge is 2.19. The zero-order valence-corrected chi connectivity index (χ0v) is 12.1. The second kappa shape index (κ2) is 5.78. The summed E-state index contributed by atoms with van der Waals surface area (Å²) in [5.41, 5.74) is 3.38. The SMILES string of the molecule is CCN(C(=O)c1c(C)cccc1C)c1cccc(O)c1. The number of carbonyl (C=O) groups excluding carboxylic acids is 1. The highest BCUT2D eigenvalue weighted by Crippen LogP contribution is 2.24. The van der Waals surface area contributed by atoms with E-state index >= 15 is 0 Å². The summed E-state index contributed by atoms with van der Waals surface area (Å²) < 4.78 is 0. The van der Waals surface area contributed by atoms with Crippen LogP contribution in [-0.4, -0.2) is 17.6 Å². The molecule has 0 unspecified atom stereocenters. The lowest BCUT2D eigenvalue weighted by Gasteiger charge is -2.23. The first-order chi connectivity index (χ1) is 9.54. The van der Waals surface area contributed by atoms with Crippen LogP contribution in [-0.2, 0) is 0 Å². The molecule has 1 N–H and O–H groups in total. The van der Waals surface area contributed by atoms with Crippen molar-refractivity contribution in [1.82, 2.24) is 0 Å². The molecule has 2 aromatic carbocycles. The molecule has 0 saturated carbocycles. The van der Waals surface area contributed by atoms with Gasteiger partial charge in [0.1, 0.15) is 5.75 Å². The predicted octanol–water partition coefficient (Wildman–Crippen LogP) is 3.68. The molecular weight excluding hydrogens is 250 g/mol. The van der Waals surface area contributed by atoms with Crippen LogP contribution in [0, 0.1) is 13.8 Å². The molecule has 0 atom stereocenters. The third kappa shape index (κ3) is 2.67. The summed E-state index contributed by atoms with van der Waals surface area (Å²) >= 11 is 0. The molecule has 0 aliphatic rings. The van der Waals surface area contributed by atoms with Crippen LogP contribution >= 0.6 is 0 Å². The van der Waals surface area contributed by atoms with Crippen molar-refractivity contribution in [3.63, 3.8) is 0 Å². The lowest BCUT2D eigenvalue weighted by molar-refractivity contribution is 0.0987. The third-order valence-corrected chi connectivity index (χ3v) is 3.40. The van der Waals surface area contributed by atoms with Crippen molar-refractivity contribution in [3.05, 3.63) is 59.2 Å². The smallest absolute Gasteiger partial charge is 0.258 e. The summed E-state index contributed by atoms with van der Waals surface area (Å²) in [6.45, 7) is 6.36. The zero-order valence-electron chi connectivity index (χ0n) is 12.1. The number of nitrogens with zero attached hydrogens (tertiary/aromatic N) is 1. The summed E-state index contributed by atoms with van der Waals surface area (Å²) in [6, 6.07) is 12.6. The van der Waals surface area contributed by atoms with Gasteiger partial charge in [0.25, 0.3) is 5.91 Å². The third-order valence-electron chi connectivity index (χ3n) is 3.40. The average molecular weight is 269 g/mol. The minimum absolute atomic E-state index is 0.0336. The number of amides is 1. The van der Waals surface area contributed by atoms with E-state index in [1.807, 2.05) is 45.0 Å². The molecule has 3 heteroatoms. The van der Waals surface area contributed by atoms with Gasteiger partial charge in [0.05, 0.1) is 0 Å². The highest BCUT2D eigenvalue weighted by atomic mass is 16.3. The molecule has 20 heavy (non-hydrogen) atoms. The van der Waals surface area contributed by atoms with E-state index < -0.39 is 0 Å². The van der Waals surface area contributed by atoms with Crippen molar-refractivity contribution in [3.8, 4) is 5.75 Å². The number of phenols is 1. The van der Waals surface area contributed by atoms with Gasteiger partial charge in [-0.3, -0.25) is 4.79 Å². The van der Waals surface area contributed by atoms with E-state index in [1.165, 1.54) is 0 Å². The van der Waals surface area contributed by atoms with Gasteiger partial charge in [0.2, 0.25) is 0 Å². The fraction of sp³-hybridized carbons (Fsp3) is 0.235. The Morgan fingerprint density at radius 2 is 1.70 bits per heavy atom. The van der Waals surface area contributed by atoms with E-state index in [4.69, 9.17) is 0 Å². The molecule has 0 spiro atoms. The van der Waals surface area contributed by atoms with Gasteiger partial charge >= 0.3 is 0 Å². The first kappa shape index (κ1) is 14.1. The number of rotatable bonds is 3. The molecule has 0 fully saturated rings. The summed E-state index contributed by atoms with van der Waals surface area (Å²) in [6.07, 6.45) is 0. The molecule has 0 saturated heterocycles. The standard InChI is InChI=1S/C17H19NO2/c1-4-18(14-9-6-10-15(19)11-14)17(20)16-12(2)7-5-8-13(16)3/h5-11,19H,4H2,1-3H3. The van der Waals surface area contributed by atoms with Crippen LogP contribution in [0.1, 0.15) is 28.4 Å². The minimum atomic E-state index is -0.0336. The van der Waals surface area contributed by atoms with Crippen LogP contribution in [0.2, 0.25) is 0 Å². The van der Waals surface area contributed by atoms with Gasteiger partial charge in [-0.15, -0.1) is 0 Å². The number of anilines is 1. The van der Waals surface area contributed by atoms with Crippen LogP contribution in [0.3, 0.4) is 0 Å². The fourth-order valence-electron chi connectivity index (χ4n) is 2.39. The van der Waals surface area contributed by atoms with Crippen LogP contribution in [0.5, 0.6) is 5.75 Å². The summed E-state index contributed by atoms with van der Waals surface area (Å²) in [7, 11) is 0. The average Bonchev–Trinajstić information content (AvgIpc) is 2.39. The quantitative estimate of drug-likeness (QED) is 0.923. The first-order valence-corrected chi connectivity index (χ1v) is 6.71. The van der Waals surface area contributed by atoms with Crippen molar-refractivity contribution in [2.45, 2.75) is 20.8 Å². The minimum Gasteiger partial charge on any atom is -0.508 e. The Hall–Kier alpha value is -2.29. The van der Waals surface area contributed by atoms with Crippen molar-refractivity contribution in [1.29, 1.82) is 0 Å². The number of aryl methyl sites for hydroxylation is 2. The maximum Gasteiger partial charge on any atom is 0.258 e. The molecule has 0 radical (unpaired) electrons. The van der Waals surface area contributed by atoms with Crippen molar-refractivity contribution in [2.24, 2.45) is 0 Å². The topological polar surface area (TPSA) is 40.5 Å². The van der Waals surface area contributed by atoms with Gasteiger partial charge < -0.3 is 10.0 Å². The zero-order chi connectivity index (χ0) is 14.7. The molecule has 2 rings (SSSR count). The van der Waals surface area contributed by atoms with E-state index in [0.717, 1.165) is 16.7 Å². The van der Waals surface area contributed by atoms with Crippen LogP contribution < -0.4 is 4.90 Å². The molecule has 0 aromatic heterocycles. The maximum absolute atomic E-state index is 12.8. The normalized spacial score (nSPS) is 10.3. The summed E-state index contributed by atoms with van der Waals surface area (Å²) in [4.78, 5) is 14.4. The highest BCUT2D eigenvalue weighted by molar-refractivity contribution is 6.08.